The van der Waals surface area contributed by atoms with Crippen molar-refractivity contribution in [3.05, 3.63) is 47.9 Å². The van der Waals surface area contributed by atoms with E-state index < -0.39 is 42.1 Å². The number of hydrogen-bond acceptors (Lipinski definition) is 8. The van der Waals surface area contributed by atoms with Gasteiger partial charge in [0.05, 0.1) is 0 Å². The van der Waals surface area contributed by atoms with Gasteiger partial charge >= 0.3 is 2.74 Å². The van der Waals surface area contributed by atoms with Gasteiger partial charge in [-0.25, -0.2) is 33.7 Å². The summed E-state index contributed by atoms with van der Waals surface area (Å²) in [6.45, 7) is 11.0. The molecule has 0 radical (unpaired) electrons. The van der Waals surface area contributed by atoms with E-state index >= 15 is 0 Å². The van der Waals surface area contributed by atoms with Gasteiger partial charge in [0.1, 0.15) is 0 Å². The van der Waals surface area contributed by atoms with Crippen molar-refractivity contribution < 1.29 is 33.7 Å². The van der Waals surface area contributed by atoms with E-state index in [1.807, 2.05) is 0 Å². The van der Waals surface area contributed by atoms with Crippen LogP contribution in [0.3, 0.4) is 0 Å². The van der Waals surface area contributed by atoms with Crippen molar-refractivity contribution in [2.45, 2.75) is 2.74 Å². The molecule has 21 heavy (non-hydrogen) atoms. The van der Waals surface area contributed by atoms with E-state index in [-0.39, 0.29) is 21.6 Å². The largest absolute Gasteiger partial charge is 0.384 e. The Balaban J connectivity index is 7.99. The fourth-order valence-corrected chi connectivity index (χ4v) is 12.4. The maximum absolute atomic E-state index is 12.0. The van der Waals surface area contributed by atoms with Crippen LogP contribution in [0.4, 0.5) is 0 Å². The van der Waals surface area contributed by atoms with Crippen molar-refractivity contribution >= 4 is 39.3 Å². The molecule has 120 valence electrons. The second-order valence-electron chi connectivity index (χ2n) is 3.35. The predicted molar refractivity (Wildman–Crippen MR) is 79.2 cm³/mol. The predicted octanol–water partition coefficient (Wildman–Crippen LogP) is -0.169. The molecule has 0 amide bonds. The fraction of sp³-hybridized carbons (Fsp3) is 0.111. The van der Waals surface area contributed by atoms with Crippen molar-refractivity contribution in [3.63, 3.8) is 0 Å². The Labute approximate surface area is 123 Å². The van der Waals surface area contributed by atoms with Crippen molar-refractivity contribution in [1.29, 1.82) is 0 Å². The molecule has 0 saturated heterocycles. The molecule has 0 unspecified atom stereocenters. The molecule has 0 bridgehead atoms. The topological polar surface area (TPSA) is 137 Å². The first-order valence-electron chi connectivity index (χ1n) is 4.73. The van der Waals surface area contributed by atoms with Crippen LogP contribution in [0.5, 0.6) is 0 Å². The van der Waals surface area contributed by atoms with E-state index in [1.54, 1.807) is 0 Å². The van der Waals surface area contributed by atoms with Gasteiger partial charge in [-0.15, -0.1) is 0 Å². The third-order valence-corrected chi connectivity index (χ3v) is 15.2. The van der Waals surface area contributed by atoms with E-state index in [9.17, 15) is 33.7 Å². The first kappa shape index (κ1) is 19.8. The van der Waals surface area contributed by atoms with Gasteiger partial charge in [-0.05, 0) is 0 Å². The van der Waals surface area contributed by atoms with Gasteiger partial charge in [-0.2, -0.15) is 0 Å². The van der Waals surface area contributed by atoms with Gasteiger partial charge in [0.25, 0.3) is 0 Å². The average Bonchev–Trinajstić information content (AvgIpc) is 2.37. The summed E-state index contributed by atoms with van der Waals surface area (Å²) in [6, 6.07) is 0. The Morgan fingerprint density at radius 1 is 0.476 bits per heavy atom. The minimum Gasteiger partial charge on any atom is -0.220 e. The van der Waals surface area contributed by atoms with Crippen LogP contribution in [-0.4, -0.2) is 36.4 Å². The molecule has 0 spiro atoms. The van der Waals surface area contributed by atoms with Gasteiger partial charge in [0.2, 0.25) is 39.3 Å². The SMILES string of the molecule is C=CS(=O)(=O)C(S(=O)(=O)C=C)(S(=O)(=O)C=C)S(=O)(=O)C=C. The summed E-state index contributed by atoms with van der Waals surface area (Å²) in [5.41, 5.74) is 0. The third-order valence-electron chi connectivity index (χ3n) is 2.27. The molecule has 0 heterocycles. The summed E-state index contributed by atoms with van der Waals surface area (Å²) in [7, 11) is -21.8. The van der Waals surface area contributed by atoms with Crippen LogP contribution < -0.4 is 0 Å². The summed E-state index contributed by atoms with van der Waals surface area (Å²) in [5, 5.41) is -0.349. The van der Waals surface area contributed by atoms with E-state index in [4.69, 9.17) is 0 Å². The maximum Gasteiger partial charge on any atom is 0.384 e. The lowest BCUT2D eigenvalue weighted by Gasteiger charge is -2.26. The minimum atomic E-state index is -5.45. The van der Waals surface area contributed by atoms with E-state index in [0.29, 0.717) is 0 Å². The standard InChI is InChI=1S/C9H12O8S4/c1-5-18(10,11)9(19(12,13)6-2,20(14,15)7-3)21(16,17)8-4/h5-8H,1-4H2. The molecule has 0 fully saturated rings. The molecule has 0 saturated carbocycles. The minimum absolute atomic E-state index is 0.0872. The molecule has 12 heteroatoms. The molecule has 0 aromatic carbocycles. The highest BCUT2D eigenvalue weighted by Gasteiger charge is 2.70. The Kier molecular flexibility index (Phi) is 5.19. The summed E-state index contributed by atoms with van der Waals surface area (Å²) in [6.07, 6.45) is 0. The first-order valence-corrected chi connectivity index (χ1v) is 10.9. The maximum atomic E-state index is 12.0. The van der Waals surface area contributed by atoms with Crippen molar-refractivity contribution in [2.75, 3.05) is 0 Å². The smallest absolute Gasteiger partial charge is 0.220 e. The Morgan fingerprint density at radius 3 is 0.714 bits per heavy atom. The van der Waals surface area contributed by atoms with Gasteiger partial charge in [-0.1, -0.05) is 26.3 Å². The molecule has 8 nitrogen and oxygen atoms in total. The van der Waals surface area contributed by atoms with Crippen LogP contribution >= 0.6 is 0 Å². The molecule has 0 aliphatic carbocycles. The quantitative estimate of drug-likeness (QED) is 0.569. The third kappa shape index (κ3) is 2.41. The lowest BCUT2D eigenvalue weighted by molar-refractivity contribution is 0.567. The molecule has 0 aromatic heterocycles. The van der Waals surface area contributed by atoms with Crippen LogP contribution in [0.2, 0.25) is 0 Å². The number of sulfone groups is 4. The Morgan fingerprint density at radius 2 is 0.619 bits per heavy atom. The number of rotatable bonds is 8. The monoisotopic (exact) mass is 376 g/mol. The molecule has 0 rings (SSSR count). The lowest BCUT2D eigenvalue weighted by atomic mass is 11.3. The molecule has 0 aliphatic heterocycles. The summed E-state index contributed by atoms with van der Waals surface area (Å²) >= 11 is 0. The van der Waals surface area contributed by atoms with Gasteiger partial charge < -0.3 is 0 Å². The second kappa shape index (κ2) is 5.51. The second-order valence-corrected chi connectivity index (χ2v) is 13.0. The highest BCUT2D eigenvalue weighted by atomic mass is 32.4. The summed E-state index contributed by atoms with van der Waals surface area (Å²) in [4.78, 5) is 0. The Hall–Kier alpha value is -1.24. The fourth-order valence-electron chi connectivity index (χ4n) is 1.38. The van der Waals surface area contributed by atoms with E-state index in [1.165, 1.54) is 0 Å². The number of hydrogen-bond donors (Lipinski definition) is 0. The van der Waals surface area contributed by atoms with Gasteiger partial charge in [-0.3, -0.25) is 0 Å². The average molecular weight is 376 g/mol. The molecule has 0 aliphatic rings. The zero-order valence-electron chi connectivity index (χ0n) is 10.5. The van der Waals surface area contributed by atoms with E-state index in [2.05, 4.69) is 26.3 Å². The van der Waals surface area contributed by atoms with Crippen LogP contribution in [0.15, 0.2) is 47.9 Å². The van der Waals surface area contributed by atoms with Crippen LogP contribution in [0, 0.1) is 0 Å². The molecule has 0 N–H and O–H groups in total. The van der Waals surface area contributed by atoms with Crippen LogP contribution in [0.1, 0.15) is 0 Å². The van der Waals surface area contributed by atoms with Crippen molar-refractivity contribution in [2.24, 2.45) is 0 Å². The summed E-state index contributed by atoms with van der Waals surface area (Å²) in [5.74, 6) is 0. The van der Waals surface area contributed by atoms with E-state index in [0.717, 1.165) is 0 Å². The zero-order chi connectivity index (χ0) is 17.3. The lowest BCUT2D eigenvalue weighted by Crippen LogP contribution is -2.55. The van der Waals surface area contributed by atoms with Crippen molar-refractivity contribution in [3.8, 4) is 0 Å². The van der Waals surface area contributed by atoms with Crippen LogP contribution in [-0.2, 0) is 39.3 Å². The van der Waals surface area contributed by atoms with Crippen molar-refractivity contribution in [1.82, 2.24) is 0 Å². The molecular formula is C9H12O8S4. The zero-order valence-corrected chi connectivity index (χ0v) is 13.8. The highest BCUT2D eigenvalue weighted by Crippen LogP contribution is 2.41. The molecular weight excluding hydrogens is 364 g/mol. The molecule has 0 atom stereocenters. The highest BCUT2D eigenvalue weighted by molar-refractivity contribution is 8.41. The Bertz CT molecular complexity index is 741. The first-order chi connectivity index (χ1) is 9.24. The van der Waals surface area contributed by atoms with Crippen LogP contribution in [0.25, 0.3) is 0 Å². The van der Waals surface area contributed by atoms with Gasteiger partial charge in [0, 0.05) is 21.6 Å². The summed E-state index contributed by atoms with van der Waals surface area (Å²) < 4.78 is 92.0. The van der Waals surface area contributed by atoms with Gasteiger partial charge in [0.15, 0.2) is 0 Å². The molecule has 0 aromatic rings. The normalized spacial score (nSPS) is 14.1.